The minimum atomic E-state index is -4.96. The molecule has 8 nitrogen and oxygen atoms in total. The number of H-pyrrole nitrogens is 1. The molecule has 1 N–H and O–H groups in total. The highest BCUT2D eigenvalue weighted by Gasteiger charge is 2.35. The quantitative estimate of drug-likeness (QED) is 0.506. The number of benzene rings is 1. The van der Waals surface area contributed by atoms with Crippen molar-refractivity contribution in [1.29, 1.82) is 0 Å². The molecule has 0 atom stereocenters. The van der Waals surface area contributed by atoms with E-state index in [0.717, 1.165) is 24.4 Å². The molecule has 4 rings (SSSR count). The van der Waals surface area contributed by atoms with Gasteiger partial charge in [-0.3, -0.25) is 4.79 Å². The number of carbonyl (C=O) groups excluding carboxylic acids is 1. The van der Waals surface area contributed by atoms with Crippen LogP contribution in [0.4, 0.5) is 41.5 Å². The second-order valence-corrected chi connectivity index (χ2v) is 7.88. The predicted molar refractivity (Wildman–Crippen MR) is 114 cm³/mol. The van der Waals surface area contributed by atoms with Gasteiger partial charge in [-0.2, -0.15) is 26.3 Å². The molecule has 1 aliphatic heterocycles. The third-order valence-corrected chi connectivity index (χ3v) is 5.45. The molecule has 0 bridgehead atoms. The maximum Gasteiger partial charge on any atom is 0.421 e. The Balaban J connectivity index is 1.43. The summed E-state index contributed by atoms with van der Waals surface area (Å²) in [6.45, 7) is 0.581. The van der Waals surface area contributed by atoms with Crippen LogP contribution in [-0.4, -0.2) is 52.1 Å². The Labute approximate surface area is 203 Å². The number of rotatable bonds is 3. The van der Waals surface area contributed by atoms with Crippen LogP contribution in [0, 0.1) is 5.82 Å². The van der Waals surface area contributed by atoms with Crippen molar-refractivity contribution >= 4 is 12.0 Å². The van der Waals surface area contributed by atoms with Crippen molar-refractivity contribution in [3.8, 4) is 16.9 Å². The Morgan fingerprint density at radius 3 is 2.19 bits per heavy atom. The topological polar surface area (TPSA) is 91.4 Å². The van der Waals surface area contributed by atoms with E-state index in [4.69, 9.17) is 4.74 Å². The van der Waals surface area contributed by atoms with Gasteiger partial charge in [-0.15, -0.1) is 0 Å². The lowest BCUT2D eigenvalue weighted by atomic mass is 10.0. The minimum Gasteiger partial charge on any atom is -0.410 e. The zero-order chi connectivity index (χ0) is 27.0. The highest BCUT2D eigenvalue weighted by atomic mass is 19.4. The van der Waals surface area contributed by atoms with Crippen molar-refractivity contribution in [3.05, 3.63) is 70.2 Å². The van der Waals surface area contributed by atoms with E-state index >= 15 is 0 Å². The Hall–Kier alpha value is -4.17. The fourth-order valence-corrected chi connectivity index (χ4v) is 3.52. The predicted octanol–water partition coefficient (Wildman–Crippen LogP) is 4.33. The Kier molecular flexibility index (Phi) is 6.80. The summed E-state index contributed by atoms with van der Waals surface area (Å²) in [6, 6.07) is 3.52. The molecule has 1 amide bonds. The summed E-state index contributed by atoms with van der Waals surface area (Å²) >= 11 is 0. The van der Waals surface area contributed by atoms with Crippen molar-refractivity contribution in [2.45, 2.75) is 12.4 Å². The molecule has 1 saturated heterocycles. The molecule has 3 heterocycles. The molecule has 0 radical (unpaired) electrons. The van der Waals surface area contributed by atoms with Crippen LogP contribution >= 0.6 is 0 Å². The molecule has 1 aliphatic rings. The van der Waals surface area contributed by atoms with Crippen molar-refractivity contribution in [1.82, 2.24) is 19.9 Å². The highest BCUT2D eigenvalue weighted by Crippen LogP contribution is 2.32. The summed E-state index contributed by atoms with van der Waals surface area (Å²) in [5.41, 5.74) is -4.51. The number of aromatic nitrogens is 3. The Bertz CT molecular complexity index is 1350. The first-order valence-corrected chi connectivity index (χ1v) is 10.5. The smallest absolute Gasteiger partial charge is 0.410 e. The Morgan fingerprint density at radius 1 is 0.946 bits per heavy atom. The summed E-state index contributed by atoms with van der Waals surface area (Å²) in [4.78, 5) is 36.3. The van der Waals surface area contributed by atoms with Gasteiger partial charge in [0.2, 0.25) is 5.95 Å². The minimum absolute atomic E-state index is 0.0586. The number of nitrogens with one attached hydrogen (secondary N) is 1. The lowest BCUT2D eigenvalue weighted by Gasteiger charge is -2.34. The van der Waals surface area contributed by atoms with Gasteiger partial charge in [0.05, 0.1) is 5.56 Å². The van der Waals surface area contributed by atoms with Crippen LogP contribution < -0.4 is 15.2 Å². The summed E-state index contributed by atoms with van der Waals surface area (Å²) in [7, 11) is 0. The van der Waals surface area contributed by atoms with Crippen LogP contribution in [0.1, 0.15) is 11.1 Å². The van der Waals surface area contributed by atoms with Crippen LogP contribution in [0.15, 0.2) is 47.7 Å². The third kappa shape index (κ3) is 5.81. The van der Waals surface area contributed by atoms with E-state index in [1.807, 2.05) is 4.98 Å². The molecule has 1 aromatic carbocycles. The standard InChI is InChI=1S/C22H16F7N5O3/c23-17-2-1-14(8-15(17)12-7-16(22(27,28)29)18(35)30-9-12)37-20(36)34-5-3-33(4-6-34)19-31-10-13(11-32-19)21(24,25)26/h1-2,7-11H,3-6H2,(H,30,35). The molecule has 0 unspecified atom stereocenters. The van der Waals surface area contributed by atoms with E-state index in [-0.39, 0.29) is 49.0 Å². The second-order valence-electron chi connectivity index (χ2n) is 7.88. The molecule has 15 heteroatoms. The van der Waals surface area contributed by atoms with Crippen molar-refractivity contribution in [3.63, 3.8) is 0 Å². The molecular weight excluding hydrogens is 515 g/mol. The summed E-state index contributed by atoms with van der Waals surface area (Å²) in [5.74, 6) is -1.01. The lowest BCUT2D eigenvalue weighted by molar-refractivity contribution is -0.139. The summed E-state index contributed by atoms with van der Waals surface area (Å²) in [6.07, 6.45) is -8.13. The lowest BCUT2D eigenvalue weighted by Crippen LogP contribution is -2.50. The van der Waals surface area contributed by atoms with Crippen molar-refractivity contribution < 1.29 is 40.3 Å². The molecule has 1 fully saturated rings. The van der Waals surface area contributed by atoms with E-state index in [2.05, 4.69) is 9.97 Å². The average Bonchev–Trinajstić information content (AvgIpc) is 2.84. The summed E-state index contributed by atoms with van der Waals surface area (Å²) < 4.78 is 96.8. The number of hydrogen-bond donors (Lipinski definition) is 1. The fourth-order valence-electron chi connectivity index (χ4n) is 3.52. The van der Waals surface area contributed by atoms with E-state index in [0.29, 0.717) is 18.5 Å². The van der Waals surface area contributed by atoms with E-state index in [1.54, 1.807) is 4.90 Å². The first kappa shape index (κ1) is 25.9. The second kappa shape index (κ2) is 9.71. The molecule has 0 spiro atoms. The molecule has 37 heavy (non-hydrogen) atoms. The molecule has 2 aromatic heterocycles. The molecule has 0 saturated carbocycles. The van der Waals surface area contributed by atoms with E-state index in [9.17, 15) is 40.3 Å². The zero-order valence-electron chi connectivity index (χ0n) is 18.5. The van der Waals surface area contributed by atoms with Crippen molar-refractivity contribution in [2.75, 3.05) is 31.1 Å². The normalized spacial score (nSPS) is 14.6. The monoisotopic (exact) mass is 531 g/mol. The van der Waals surface area contributed by atoms with Gasteiger partial charge < -0.3 is 19.5 Å². The van der Waals surface area contributed by atoms with E-state index < -0.39 is 40.9 Å². The maximum atomic E-state index is 14.4. The fraction of sp³-hybridized carbons (Fsp3) is 0.273. The van der Waals surface area contributed by atoms with Gasteiger partial charge in [0.25, 0.3) is 5.56 Å². The summed E-state index contributed by atoms with van der Waals surface area (Å²) in [5, 5.41) is 0. The number of ether oxygens (including phenoxy) is 1. The van der Waals surface area contributed by atoms with Gasteiger partial charge in [-0.05, 0) is 24.3 Å². The first-order valence-electron chi connectivity index (χ1n) is 10.5. The molecule has 196 valence electrons. The van der Waals surface area contributed by atoms with Crippen LogP contribution in [0.3, 0.4) is 0 Å². The van der Waals surface area contributed by atoms with Gasteiger partial charge in [0.1, 0.15) is 17.1 Å². The van der Waals surface area contributed by atoms with Gasteiger partial charge in [0, 0.05) is 55.9 Å². The first-order chi connectivity index (χ1) is 17.3. The van der Waals surface area contributed by atoms with E-state index in [1.165, 1.54) is 4.90 Å². The van der Waals surface area contributed by atoms with Gasteiger partial charge >= 0.3 is 18.4 Å². The SMILES string of the molecule is O=C(Oc1ccc(F)c(-c2c[nH]c(=O)c(C(F)(F)F)c2)c1)N1CCN(c2ncc(C(F)(F)F)cn2)CC1. The highest BCUT2D eigenvalue weighted by molar-refractivity contribution is 5.73. The van der Waals surface area contributed by atoms with Crippen LogP contribution in [0.25, 0.3) is 11.1 Å². The largest absolute Gasteiger partial charge is 0.421 e. The van der Waals surface area contributed by atoms with Gasteiger partial charge in [0.15, 0.2) is 0 Å². The number of pyridine rings is 1. The van der Waals surface area contributed by atoms with Crippen LogP contribution in [0.5, 0.6) is 5.75 Å². The number of aromatic amines is 1. The number of anilines is 1. The zero-order valence-corrected chi connectivity index (χ0v) is 18.5. The molecular formula is C22H16F7N5O3. The van der Waals surface area contributed by atoms with Crippen LogP contribution in [-0.2, 0) is 12.4 Å². The van der Waals surface area contributed by atoms with Crippen molar-refractivity contribution in [2.24, 2.45) is 0 Å². The number of halogens is 7. The average molecular weight is 531 g/mol. The molecule has 0 aliphatic carbocycles. The van der Waals surface area contributed by atoms with Gasteiger partial charge in [-0.1, -0.05) is 0 Å². The third-order valence-electron chi connectivity index (χ3n) is 5.45. The number of amides is 1. The Morgan fingerprint density at radius 2 is 1.59 bits per heavy atom. The number of alkyl halides is 6. The number of piperazine rings is 1. The number of carbonyl (C=O) groups is 1. The number of nitrogens with zero attached hydrogens (tertiary/aromatic N) is 4. The van der Waals surface area contributed by atoms with Gasteiger partial charge in [-0.25, -0.2) is 19.2 Å². The van der Waals surface area contributed by atoms with Crippen LogP contribution in [0.2, 0.25) is 0 Å². The number of hydrogen-bond acceptors (Lipinski definition) is 6. The maximum absolute atomic E-state index is 14.4. The molecule has 3 aromatic rings.